The molecule has 1 aromatic carbocycles. The van der Waals surface area contributed by atoms with Gasteiger partial charge in [0.2, 0.25) is 17.7 Å². The topological polar surface area (TPSA) is 129 Å². The van der Waals surface area contributed by atoms with Crippen LogP contribution in [0.15, 0.2) is 36.5 Å². The number of amides is 4. The summed E-state index contributed by atoms with van der Waals surface area (Å²) in [5, 5.41) is 13.1. The van der Waals surface area contributed by atoms with E-state index in [0.717, 1.165) is 69.3 Å². The van der Waals surface area contributed by atoms with Crippen molar-refractivity contribution in [1.29, 1.82) is 0 Å². The number of carbonyl (C=O) groups excluding carboxylic acids is 4. The van der Waals surface area contributed by atoms with Crippen molar-refractivity contribution in [1.82, 2.24) is 35.5 Å². The average Bonchev–Trinajstić information content (AvgIpc) is 3.51. The van der Waals surface area contributed by atoms with Crippen LogP contribution in [-0.2, 0) is 34.4 Å². The molecule has 11 nitrogen and oxygen atoms in total. The maximum Gasteiger partial charge on any atom is 0.270 e. The lowest BCUT2D eigenvalue weighted by atomic mass is 9.83. The van der Waals surface area contributed by atoms with Crippen LogP contribution in [-0.4, -0.2) is 87.5 Å². The number of hydrogen-bond acceptors (Lipinski definition) is 6. The Bertz CT molecular complexity index is 1320. The van der Waals surface area contributed by atoms with Gasteiger partial charge in [-0.3, -0.25) is 28.8 Å². The summed E-state index contributed by atoms with van der Waals surface area (Å²) in [6.07, 6.45) is 10.9. The molecule has 3 aliphatic rings. The second-order valence-electron chi connectivity index (χ2n) is 12.9. The van der Waals surface area contributed by atoms with Crippen molar-refractivity contribution in [2.45, 2.75) is 95.8 Å². The van der Waals surface area contributed by atoms with Crippen LogP contribution in [0.3, 0.4) is 0 Å². The highest BCUT2D eigenvalue weighted by Gasteiger charge is 2.35. The van der Waals surface area contributed by atoms with Gasteiger partial charge in [-0.15, -0.1) is 0 Å². The third kappa shape index (κ3) is 8.51. The molecule has 2 aromatic rings. The van der Waals surface area contributed by atoms with Crippen molar-refractivity contribution in [2.75, 3.05) is 26.2 Å². The van der Waals surface area contributed by atoms with Gasteiger partial charge in [0.15, 0.2) is 0 Å². The number of aromatic nitrogens is 2. The van der Waals surface area contributed by atoms with E-state index < -0.39 is 12.1 Å². The van der Waals surface area contributed by atoms with Crippen LogP contribution in [0.2, 0.25) is 0 Å². The summed E-state index contributed by atoms with van der Waals surface area (Å²) in [5.74, 6) is -0.545. The third-order valence-corrected chi connectivity index (χ3v) is 9.78. The van der Waals surface area contributed by atoms with Gasteiger partial charge in [-0.2, -0.15) is 5.10 Å². The molecule has 3 heterocycles. The maximum absolute atomic E-state index is 13.6. The molecule has 2 aliphatic heterocycles. The Kier molecular flexibility index (Phi) is 11.3. The number of benzene rings is 1. The Morgan fingerprint density at radius 2 is 1.62 bits per heavy atom. The fraction of sp³-hybridized carbons (Fsp3) is 0.618. The van der Waals surface area contributed by atoms with Crippen LogP contribution >= 0.6 is 0 Å². The minimum Gasteiger partial charge on any atom is -0.350 e. The molecule has 244 valence electrons. The lowest BCUT2D eigenvalue weighted by Gasteiger charge is -2.44. The highest BCUT2D eigenvalue weighted by atomic mass is 16.2. The van der Waals surface area contributed by atoms with Crippen molar-refractivity contribution in [3.05, 3.63) is 53.3 Å². The molecule has 3 fully saturated rings. The molecule has 45 heavy (non-hydrogen) atoms. The second-order valence-corrected chi connectivity index (χ2v) is 12.9. The minimum absolute atomic E-state index is 0.0136. The SMILES string of the molecule is CCC(=O)N[C@H](Cc1ccc(CNC(=O)C(NC(=O)c2ccnn2C)C2CCCCC2)cc1)C(=O)N1CCN2CCCC[C@@H]2C1. The van der Waals surface area contributed by atoms with E-state index in [4.69, 9.17) is 0 Å². The Labute approximate surface area is 266 Å². The number of fused-ring (bicyclic) bond motifs is 1. The van der Waals surface area contributed by atoms with Crippen LogP contribution in [0, 0.1) is 5.92 Å². The third-order valence-electron chi connectivity index (χ3n) is 9.78. The first-order valence-corrected chi connectivity index (χ1v) is 16.8. The zero-order valence-electron chi connectivity index (χ0n) is 26.8. The number of nitrogens with zero attached hydrogens (tertiary/aromatic N) is 4. The van der Waals surface area contributed by atoms with Gasteiger partial charge in [0.05, 0.1) is 0 Å². The molecule has 1 unspecified atom stereocenters. The summed E-state index contributed by atoms with van der Waals surface area (Å²) >= 11 is 0. The van der Waals surface area contributed by atoms with E-state index in [-0.39, 0.29) is 29.5 Å². The number of piperidine rings is 1. The number of carbonyl (C=O) groups is 4. The minimum atomic E-state index is -0.614. The van der Waals surface area contributed by atoms with Gasteiger partial charge < -0.3 is 20.9 Å². The van der Waals surface area contributed by atoms with E-state index in [1.54, 1.807) is 26.2 Å². The molecule has 1 aromatic heterocycles. The van der Waals surface area contributed by atoms with Crippen LogP contribution in [0.5, 0.6) is 0 Å². The first-order valence-electron chi connectivity index (χ1n) is 16.8. The van der Waals surface area contributed by atoms with Crippen molar-refractivity contribution in [2.24, 2.45) is 13.0 Å². The van der Waals surface area contributed by atoms with E-state index in [0.29, 0.717) is 37.7 Å². The summed E-state index contributed by atoms with van der Waals surface area (Å²) in [6, 6.07) is 8.65. The second kappa shape index (κ2) is 15.5. The van der Waals surface area contributed by atoms with Crippen molar-refractivity contribution >= 4 is 23.6 Å². The Morgan fingerprint density at radius 3 is 2.33 bits per heavy atom. The van der Waals surface area contributed by atoms with Gasteiger partial charge in [0.1, 0.15) is 17.8 Å². The number of aryl methyl sites for hydroxylation is 1. The van der Waals surface area contributed by atoms with Gasteiger partial charge in [-0.05, 0) is 55.3 Å². The molecule has 0 spiro atoms. The Morgan fingerprint density at radius 1 is 0.889 bits per heavy atom. The predicted molar refractivity (Wildman–Crippen MR) is 171 cm³/mol. The van der Waals surface area contributed by atoms with Gasteiger partial charge in [0.25, 0.3) is 5.91 Å². The molecule has 1 saturated carbocycles. The fourth-order valence-corrected chi connectivity index (χ4v) is 7.08. The first kappa shape index (κ1) is 32.7. The summed E-state index contributed by atoms with van der Waals surface area (Å²) in [6.45, 7) is 5.53. The molecule has 5 rings (SSSR count). The number of hydrogen-bond donors (Lipinski definition) is 3. The molecule has 0 bridgehead atoms. The summed E-state index contributed by atoms with van der Waals surface area (Å²) in [7, 11) is 1.71. The van der Waals surface area contributed by atoms with E-state index in [1.165, 1.54) is 17.5 Å². The fourth-order valence-electron chi connectivity index (χ4n) is 7.08. The first-order chi connectivity index (χ1) is 21.8. The van der Waals surface area contributed by atoms with Gasteiger partial charge in [-0.25, -0.2) is 0 Å². The highest BCUT2D eigenvalue weighted by Crippen LogP contribution is 2.27. The maximum atomic E-state index is 13.6. The Hall–Kier alpha value is -3.73. The van der Waals surface area contributed by atoms with E-state index in [9.17, 15) is 19.2 Å². The lowest BCUT2D eigenvalue weighted by Crippen LogP contribution is -2.59. The number of rotatable bonds is 11. The van der Waals surface area contributed by atoms with E-state index in [1.807, 2.05) is 29.2 Å². The van der Waals surface area contributed by atoms with Crippen LogP contribution in [0.1, 0.15) is 86.3 Å². The van der Waals surface area contributed by atoms with E-state index >= 15 is 0 Å². The quantitative estimate of drug-likeness (QED) is 0.355. The van der Waals surface area contributed by atoms with E-state index in [2.05, 4.69) is 25.9 Å². The van der Waals surface area contributed by atoms with Crippen LogP contribution in [0.4, 0.5) is 0 Å². The molecule has 11 heteroatoms. The number of piperazine rings is 1. The zero-order chi connectivity index (χ0) is 31.8. The zero-order valence-corrected chi connectivity index (χ0v) is 26.8. The van der Waals surface area contributed by atoms with Crippen molar-refractivity contribution < 1.29 is 19.2 Å². The van der Waals surface area contributed by atoms with Crippen molar-refractivity contribution in [3.63, 3.8) is 0 Å². The molecule has 0 radical (unpaired) electrons. The van der Waals surface area contributed by atoms with Crippen molar-refractivity contribution in [3.8, 4) is 0 Å². The van der Waals surface area contributed by atoms with Crippen LogP contribution < -0.4 is 16.0 Å². The van der Waals surface area contributed by atoms with Gasteiger partial charge >= 0.3 is 0 Å². The summed E-state index contributed by atoms with van der Waals surface area (Å²) < 4.78 is 1.51. The highest BCUT2D eigenvalue weighted by molar-refractivity contribution is 5.96. The molecule has 2 saturated heterocycles. The van der Waals surface area contributed by atoms with Gasteiger partial charge in [0, 0.05) is 58.3 Å². The summed E-state index contributed by atoms with van der Waals surface area (Å²) in [5.41, 5.74) is 2.28. The van der Waals surface area contributed by atoms with Gasteiger partial charge in [-0.1, -0.05) is 56.9 Å². The monoisotopic (exact) mass is 619 g/mol. The standard InChI is InChI=1S/C34H49N7O4/c1-3-30(42)37-28(34(45)41-20-19-40-18-8-7-11-27(40)23-41)21-24-12-14-25(15-13-24)22-35-33(44)31(26-9-5-4-6-10-26)38-32(43)29-16-17-36-39(29)2/h12-17,26-28,31H,3-11,18-23H2,1-2H3,(H,35,44)(H,37,42)(H,38,43)/t27-,28-,31?/m1/s1. The molecule has 3 atom stereocenters. The lowest BCUT2D eigenvalue weighted by molar-refractivity contribution is -0.139. The molecule has 4 amide bonds. The molecule has 3 N–H and O–H groups in total. The Balaban J connectivity index is 1.19. The number of nitrogens with one attached hydrogen (secondary N) is 3. The average molecular weight is 620 g/mol. The molecular weight excluding hydrogens is 570 g/mol. The predicted octanol–water partition coefficient (Wildman–Crippen LogP) is 2.55. The largest absolute Gasteiger partial charge is 0.350 e. The van der Waals surface area contributed by atoms with Crippen LogP contribution in [0.25, 0.3) is 0 Å². The molecule has 1 aliphatic carbocycles. The molecular formula is C34H49N7O4. The normalized spacial score (nSPS) is 20.5. The summed E-state index contributed by atoms with van der Waals surface area (Å²) in [4.78, 5) is 56.9. The smallest absolute Gasteiger partial charge is 0.270 e.